The highest BCUT2D eigenvalue weighted by molar-refractivity contribution is 5.75. The lowest BCUT2D eigenvalue weighted by Crippen LogP contribution is -2.29. The molecule has 2 unspecified atom stereocenters. The van der Waals surface area contributed by atoms with Gasteiger partial charge in [-0.1, -0.05) is 0 Å². The number of alkyl halides is 3. The smallest absolute Gasteiger partial charge is 0.343 e. The van der Waals surface area contributed by atoms with E-state index in [9.17, 15) is 18.0 Å². The summed E-state index contributed by atoms with van der Waals surface area (Å²) < 4.78 is 39.1. The van der Waals surface area contributed by atoms with Crippen molar-refractivity contribution in [3.05, 3.63) is 0 Å². The summed E-state index contributed by atoms with van der Waals surface area (Å²) in [6.45, 7) is -1.52. The average molecular weight is 156 g/mol. The lowest BCUT2D eigenvalue weighted by molar-refractivity contribution is -0.149. The Hall–Kier alpha value is -0.740. The molecule has 5 heteroatoms. The Labute approximate surface area is 56.0 Å². The second-order valence-electron chi connectivity index (χ2n) is 1.60. The first-order valence-corrected chi connectivity index (χ1v) is 2.55. The topological polar surface area (TPSA) is 26.3 Å². The first-order valence-electron chi connectivity index (χ1n) is 2.55. The van der Waals surface area contributed by atoms with E-state index in [-0.39, 0.29) is 0 Å². The zero-order valence-electron chi connectivity index (χ0n) is 5.31. The third-order valence-electron chi connectivity index (χ3n) is 0.891. The van der Waals surface area contributed by atoms with E-state index in [0.29, 0.717) is 0 Å². The van der Waals surface area contributed by atoms with Crippen LogP contribution in [-0.4, -0.2) is 32.1 Å². The van der Waals surface area contributed by atoms with Gasteiger partial charge in [-0.05, 0) is 0 Å². The molecule has 0 aromatic heterocycles. The van der Waals surface area contributed by atoms with Gasteiger partial charge in [0.25, 0.3) is 0 Å². The third kappa shape index (κ3) is 2.24. The Bertz CT molecular complexity index is 117. The molecule has 0 saturated carbocycles. The Balaban J connectivity index is 3.81. The minimum absolute atomic E-state index is 0.903. The lowest BCUT2D eigenvalue weighted by Gasteiger charge is -2.06. The Morgan fingerprint density at radius 3 is 2.40 bits per heavy atom. The zero-order chi connectivity index (χ0) is 8.15. The molecule has 0 rings (SSSR count). The monoisotopic (exact) mass is 156 g/mol. The molecule has 10 heavy (non-hydrogen) atoms. The molecule has 0 fully saturated rings. The number of methoxy groups -OCH3 is 1. The fourth-order valence-corrected chi connectivity index (χ4v) is 0.338. The van der Waals surface area contributed by atoms with Crippen molar-refractivity contribution in [1.29, 1.82) is 0 Å². The summed E-state index contributed by atoms with van der Waals surface area (Å²) in [5.41, 5.74) is 0. The lowest BCUT2D eigenvalue weighted by atomic mass is 10.3. The molecule has 0 radical (unpaired) electrons. The molecule has 0 spiro atoms. The maximum absolute atomic E-state index is 12.1. The van der Waals surface area contributed by atoms with E-state index in [2.05, 4.69) is 4.74 Å². The summed E-state index contributed by atoms with van der Waals surface area (Å²) in [5.74, 6) is -1.38. The SMILES string of the molecule is COC(=O)C(F)C(F)CF. The number of hydrogen-bond acceptors (Lipinski definition) is 2. The van der Waals surface area contributed by atoms with Crippen LogP contribution in [0.3, 0.4) is 0 Å². The third-order valence-corrected chi connectivity index (χ3v) is 0.891. The van der Waals surface area contributed by atoms with Gasteiger partial charge < -0.3 is 4.74 Å². The number of carbonyl (C=O) groups is 1. The van der Waals surface area contributed by atoms with Gasteiger partial charge in [-0.15, -0.1) is 0 Å². The van der Waals surface area contributed by atoms with Crippen molar-refractivity contribution in [3.8, 4) is 0 Å². The van der Waals surface area contributed by atoms with Crippen molar-refractivity contribution in [3.63, 3.8) is 0 Å². The van der Waals surface area contributed by atoms with Crippen LogP contribution in [0.15, 0.2) is 0 Å². The zero-order valence-corrected chi connectivity index (χ0v) is 5.31. The molecule has 2 nitrogen and oxygen atoms in total. The van der Waals surface area contributed by atoms with Gasteiger partial charge in [0.1, 0.15) is 6.67 Å². The Kier molecular flexibility index (Phi) is 3.83. The normalized spacial score (nSPS) is 16.0. The second-order valence-corrected chi connectivity index (χ2v) is 1.60. The molecule has 0 aromatic carbocycles. The van der Waals surface area contributed by atoms with E-state index < -0.39 is 25.0 Å². The highest BCUT2D eigenvalue weighted by atomic mass is 19.2. The predicted octanol–water partition coefficient (Wildman–Crippen LogP) is 0.805. The van der Waals surface area contributed by atoms with Gasteiger partial charge in [0, 0.05) is 0 Å². The van der Waals surface area contributed by atoms with Gasteiger partial charge in [0.15, 0.2) is 6.17 Å². The van der Waals surface area contributed by atoms with Crippen LogP contribution >= 0.6 is 0 Å². The Morgan fingerprint density at radius 2 is 2.10 bits per heavy atom. The molecule has 0 bridgehead atoms. The molecule has 0 amide bonds. The molecule has 0 saturated heterocycles. The van der Waals surface area contributed by atoms with Gasteiger partial charge in [0.2, 0.25) is 6.17 Å². The van der Waals surface area contributed by atoms with E-state index in [0.717, 1.165) is 7.11 Å². The highest BCUT2D eigenvalue weighted by Gasteiger charge is 2.28. The summed E-state index contributed by atoms with van der Waals surface area (Å²) in [5, 5.41) is 0. The summed E-state index contributed by atoms with van der Waals surface area (Å²) >= 11 is 0. The standard InChI is InChI=1S/C5H7F3O2/c1-10-5(9)4(8)3(7)2-6/h3-4H,2H2,1H3. The number of hydrogen-bond donors (Lipinski definition) is 0. The summed E-state index contributed by atoms with van der Waals surface area (Å²) in [4.78, 5) is 10.1. The van der Waals surface area contributed by atoms with Crippen LogP contribution in [0.2, 0.25) is 0 Å². The number of ether oxygens (including phenoxy) is 1. The minimum atomic E-state index is -2.50. The van der Waals surface area contributed by atoms with Crippen LogP contribution < -0.4 is 0 Å². The first kappa shape index (κ1) is 9.26. The van der Waals surface area contributed by atoms with Crippen LogP contribution in [0.25, 0.3) is 0 Å². The predicted molar refractivity (Wildman–Crippen MR) is 27.8 cm³/mol. The molecule has 0 heterocycles. The number of carbonyl (C=O) groups excluding carboxylic acids is 1. The molecular weight excluding hydrogens is 149 g/mol. The maximum Gasteiger partial charge on any atom is 0.343 e. The Morgan fingerprint density at radius 1 is 1.60 bits per heavy atom. The van der Waals surface area contributed by atoms with Gasteiger partial charge in [-0.3, -0.25) is 0 Å². The van der Waals surface area contributed by atoms with Crippen molar-refractivity contribution in [2.45, 2.75) is 12.3 Å². The summed E-state index contributed by atoms with van der Waals surface area (Å²) in [7, 11) is 0.903. The molecule has 0 aliphatic heterocycles. The van der Waals surface area contributed by atoms with Gasteiger partial charge in [-0.25, -0.2) is 18.0 Å². The van der Waals surface area contributed by atoms with Gasteiger partial charge >= 0.3 is 5.97 Å². The fraction of sp³-hybridized carbons (Fsp3) is 0.800. The first-order chi connectivity index (χ1) is 4.63. The molecule has 0 aliphatic rings. The fourth-order valence-electron chi connectivity index (χ4n) is 0.338. The molecule has 0 aliphatic carbocycles. The maximum atomic E-state index is 12.1. The molecular formula is C5H7F3O2. The van der Waals surface area contributed by atoms with Crippen molar-refractivity contribution in [2.24, 2.45) is 0 Å². The van der Waals surface area contributed by atoms with Crippen LogP contribution in [0.4, 0.5) is 13.2 Å². The number of esters is 1. The highest BCUT2D eigenvalue weighted by Crippen LogP contribution is 2.05. The summed E-state index contributed by atoms with van der Waals surface area (Å²) in [6.07, 6.45) is -4.91. The molecule has 0 N–H and O–H groups in total. The van der Waals surface area contributed by atoms with Crippen molar-refractivity contribution in [1.82, 2.24) is 0 Å². The van der Waals surface area contributed by atoms with Crippen molar-refractivity contribution < 1.29 is 22.7 Å². The van der Waals surface area contributed by atoms with E-state index in [1.165, 1.54) is 0 Å². The van der Waals surface area contributed by atoms with Crippen molar-refractivity contribution >= 4 is 5.97 Å². The largest absolute Gasteiger partial charge is 0.467 e. The second kappa shape index (κ2) is 4.14. The molecule has 60 valence electrons. The minimum Gasteiger partial charge on any atom is -0.467 e. The van der Waals surface area contributed by atoms with Gasteiger partial charge in [-0.2, -0.15) is 0 Å². The van der Waals surface area contributed by atoms with Crippen LogP contribution in [0.1, 0.15) is 0 Å². The van der Waals surface area contributed by atoms with E-state index in [1.807, 2.05) is 0 Å². The van der Waals surface area contributed by atoms with Crippen LogP contribution in [-0.2, 0) is 9.53 Å². The molecule has 2 atom stereocenters. The van der Waals surface area contributed by atoms with E-state index >= 15 is 0 Å². The number of halogens is 3. The number of rotatable bonds is 3. The van der Waals surface area contributed by atoms with Crippen LogP contribution in [0, 0.1) is 0 Å². The van der Waals surface area contributed by atoms with Gasteiger partial charge in [0.05, 0.1) is 7.11 Å². The average Bonchev–Trinajstić information content (AvgIpc) is 2.00. The van der Waals surface area contributed by atoms with E-state index in [4.69, 9.17) is 0 Å². The van der Waals surface area contributed by atoms with E-state index in [1.54, 1.807) is 0 Å². The quantitative estimate of drug-likeness (QED) is 0.565. The molecule has 0 aromatic rings. The van der Waals surface area contributed by atoms with Crippen molar-refractivity contribution in [2.75, 3.05) is 13.8 Å². The summed E-state index contributed by atoms with van der Waals surface area (Å²) in [6, 6.07) is 0. The van der Waals surface area contributed by atoms with Crippen LogP contribution in [0.5, 0.6) is 0 Å².